The first-order chi connectivity index (χ1) is 14.1. The van der Waals surface area contributed by atoms with E-state index in [0.29, 0.717) is 30.2 Å². The molecule has 0 atom stereocenters. The Hall–Kier alpha value is -2.54. The van der Waals surface area contributed by atoms with Gasteiger partial charge in [-0.2, -0.15) is 0 Å². The van der Waals surface area contributed by atoms with Crippen molar-refractivity contribution in [2.45, 2.75) is 57.0 Å². The van der Waals surface area contributed by atoms with Gasteiger partial charge in [0.15, 0.2) is 11.5 Å². The Kier molecular flexibility index (Phi) is 5.50. The van der Waals surface area contributed by atoms with Crippen molar-refractivity contribution in [2.75, 3.05) is 20.3 Å². The number of nitrogens with zero attached hydrogens (tertiary/aromatic N) is 1. The molecule has 1 amide bonds. The van der Waals surface area contributed by atoms with Crippen LogP contribution in [0.5, 0.6) is 11.5 Å². The molecule has 1 aliphatic heterocycles. The van der Waals surface area contributed by atoms with E-state index in [9.17, 15) is 14.7 Å². The second-order valence-corrected chi connectivity index (χ2v) is 8.06. The van der Waals surface area contributed by atoms with E-state index in [4.69, 9.17) is 9.47 Å². The van der Waals surface area contributed by atoms with Crippen LogP contribution >= 0.6 is 0 Å². The van der Waals surface area contributed by atoms with Crippen LogP contribution in [0, 0.1) is 0 Å². The zero-order valence-electron chi connectivity index (χ0n) is 16.8. The number of amides is 1. The fourth-order valence-corrected chi connectivity index (χ4v) is 4.51. The van der Waals surface area contributed by atoms with Crippen molar-refractivity contribution in [3.63, 3.8) is 0 Å². The van der Waals surface area contributed by atoms with Crippen molar-refractivity contribution < 1.29 is 19.4 Å². The van der Waals surface area contributed by atoms with Gasteiger partial charge >= 0.3 is 0 Å². The molecule has 0 spiro atoms. The Bertz CT molecular complexity index is 975. The average Bonchev–Trinajstić information content (AvgIpc) is 3.23. The number of methoxy groups -OCH3 is 1. The number of ether oxygens (including phenoxy) is 2. The maximum Gasteiger partial charge on any atom is 0.264 e. The molecule has 2 aliphatic rings. The summed E-state index contributed by atoms with van der Waals surface area (Å²) < 4.78 is 13.1. The first-order valence-electron chi connectivity index (χ1n) is 10.4. The molecule has 1 fully saturated rings. The number of aliphatic hydroxyl groups is 1. The smallest absolute Gasteiger partial charge is 0.264 e. The highest BCUT2D eigenvalue weighted by Crippen LogP contribution is 2.36. The number of nitrogens with one attached hydrogen (secondary N) is 1. The summed E-state index contributed by atoms with van der Waals surface area (Å²) in [4.78, 5) is 26.4. The summed E-state index contributed by atoms with van der Waals surface area (Å²) in [5, 5.41) is 13.5. The van der Waals surface area contributed by atoms with Gasteiger partial charge in [0, 0.05) is 11.9 Å². The molecule has 7 nitrogen and oxygen atoms in total. The van der Waals surface area contributed by atoms with Gasteiger partial charge in [-0.3, -0.25) is 9.59 Å². The van der Waals surface area contributed by atoms with Crippen LogP contribution in [-0.2, 0) is 6.54 Å². The van der Waals surface area contributed by atoms with Gasteiger partial charge in [-0.15, -0.1) is 0 Å². The summed E-state index contributed by atoms with van der Waals surface area (Å²) in [5.74, 6) is 0.711. The molecule has 1 aromatic heterocycles. The van der Waals surface area contributed by atoms with E-state index < -0.39 is 11.4 Å². The number of aliphatic hydroxyl groups excluding tert-OH is 1. The minimum Gasteiger partial charge on any atom is -0.493 e. The Morgan fingerprint density at radius 1 is 1.24 bits per heavy atom. The van der Waals surface area contributed by atoms with Crippen LogP contribution in [0.25, 0.3) is 10.9 Å². The van der Waals surface area contributed by atoms with Gasteiger partial charge in [0.1, 0.15) is 5.56 Å². The quantitative estimate of drug-likeness (QED) is 0.823. The second-order valence-electron chi connectivity index (χ2n) is 8.06. The summed E-state index contributed by atoms with van der Waals surface area (Å²) in [6, 6.07) is 5.29. The molecule has 7 heteroatoms. The van der Waals surface area contributed by atoms with Gasteiger partial charge in [0.2, 0.25) is 0 Å². The molecule has 0 unspecified atom stereocenters. The molecular formula is C22H28N2O5. The average molecular weight is 400 g/mol. The number of aryl methyl sites for hydroxylation is 1. The summed E-state index contributed by atoms with van der Waals surface area (Å²) in [6.45, 7) is 0.964. The number of benzene rings is 1. The molecule has 4 rings (SSSR count). The fraction of sp³-hybridized carbons (Fsp3) is 0.545. The van der Waals surface area contributed by atoms with E-state index in [1.54, 1.807) is 23.8 Å². The minimum atomic E-state index is -0.625. The number of carbonyl (C=O) groups is 1. The lowest BCUT2D eigenvalue weighted by molar-refractivity contribution is 0.0836. The number of hydrogen-bond donors (Lipinski definition) is 2. The number of pyridine rings is 1. The predicted octanol–water partition coefficient (Wildman–Crippen LogP) is 2.61. The van der Waals surface area contributed by atoms with E-state index >= 15 is 0 Å². The molecule has 1 saturated carbocycles. The van der Waals surface area contributed by atoms with E-state index in [1.165, 1.54) is 0 Å². The lowest BCUT2D eigenvalue weighted by Crippen LogP contribution is -2.50. The molecule has 1 aliphatic carbocycles. The SMILES string of the molecule is COc1ccc2cc(C(=O)NC3(CO)CCCC3)c(=O)n3c2c1OCCCCC3. The Morgan fingerprint density at radius 2 is 2.03 bits per heavy atom. The van der Waals surface area contributed by atoms with Gasteiger partial charge in [-0.25, -0.2) is 0 Å². The lowest BCUT2D eigenvalue weighted by Gasteiger charge is -2.28. The maximum atomic E-state index is 13.3. The normalized spacial score (nSPS) is 18.4. The third kappa shape index (κ3) is 3.59. The molecular weight excluding hydrogens is 372 g/mol. The van der Waals surface area contributed by atoms with Gasteiger partial charge in [0.05, 0.1) is 31.4 Å². The van der Waals surface area contributed by atoms with E-state index in [2.05, 4.69) is 5.32 Å². The highest BCUT2D eigenvalue weighted by atomic mass is 16.5. The Morgan fingerprint density at radius 3 is 2.76 bits per heavy atom. The largest absolute Gasteiger partial charge is 0.493 e. The zero-order chi connectivity index (χ0) is 20.4. The maximum absolute atomic E-state index is 13.3. The van der Waals surface area contributed by atoms with E-state index in [0.717, 1.165) is 50.3 Å². The molecule has 0 radical (unpaired) electrons. The molecule has 2 heterocycles. The molecule has 0 bridgehead atoms. The number of rotatable bonds is 4. The molecule has 1 aromatic carbocycles. The fourth-order valence-electron chi connectivity index (χ4n) is 4.51. The first-order valence-corrected chi connectivity index (χ1v) is 10.4. The Balaban J connectivity index is 1.84. The standard InChI is InChI=1S/C22H28N2O5/c1-28-17-8-7-15-13-16(20(26)23-22(14-25)9-3-4-10-22)21(27)24-11-5-2-6-12-29-19(17)18(15)24/h7-8,13,25H,2-6,9-12,14H2,1H3,(H,23,26). The Labute approximate surface area is 169 Å². The van der Waals surface area contributed by atoms with Crippen molar-refractivity contribution in [1.82, 2.24) is 9.88 Å². The third-order valence-electron chi connectivity index (χ3n) is 6.15. The third-order valence-corrected chi connectivity index (χ3v) is 6.15. The minimum absolute atomic E-state index is 0.104. The predicted molar refractivity (Wildman–Crippen MR) is 110 cm³/mol. The number of aromatic nitrogens is 1. The van der Waals surface area contributed by atoms with Crippen molar-refractivity contribution in [1.29, 1.82) is 0 Å². The highest BCUT2D eigenvalue weighted by molar-refractivity contribution is 5.99. The van der Waals surface area contributed by atoms with E-state index in [-0.39, 0.29) is 17.7 Å². The van der Waals surface area contributed by atoms with Crippen LogP contribution in [0.4, 0.5) is 0 Å². The highest BCUT2D eigenvalue weighted by Gasteiger charge is 2.35. The van der Waals surface area contributed by atoms with Gasteiger partial charge in [-0.1, -0.05) is 12.8 Å². The zero-order valence-corrected chi connectivity index (χ0v) is 16.8. The summed E-state index contributed by atoms with van der Waals surface area (Å²) in [7, 11) is 1.58. The van der Waals surface area contributed by atoms with Crippen LogP contribution < -0.4 is 20.3 Å². The summed E-state index contributed by atoms with van der Waals surface area (Å²) in [6.07, 6.45) is 6.05. The van der Waals surface area contributed by atoms with Crippen LogP contribution in [0.2, 0.25) is 0 Å². The molecule has 29 heavy (non-hydrogen) atoms. The summed E-state index contributed by atoms with van der Waals surface area (Å²) >= 11 is 0. The number of carbonyl (C=O) groups excluding carboxylic acids is 1. The molecule has 156 valence electrons. The van der Waals surface area contributed by atoms with Crippen molar-refractivity contribution in [3.05, 3.63) is 34.1 Å². The van der Waals surface area contributed by atoms with Crippen LogP contribution in [0.1, 0.15) is 55.3 Å². The molecule has 2 aromatic rings. The van der Waals surface area contributed by atoms with Crippen molar-refractivity contribution in [2.24, 2.45) is 0 Å². The lowest BCUT2D eigenvalue weighted by atomic mass is 9.98. The van der Waals surface area contributed by atoms with Crippen LogP contribution in [-0.4, -0.2) is 41.4 Å². The molecule has 2 N–H and O–H groups in total. The van der Waals surface area contributed by atoms with Crippen molar-refractivity contribution >= 4 is 16.8 Å². The van der Waals surface area contributed by atoms with Crippen LogP contribution in [0.15, 0.2) is 23.0 Å². The van der Waals surface area contributed by atoms with Gasteiger partial charge in [0.25, 0.3) is 11.5 Å². The topological polar surface area (TPSA) is 89.8 Å². The number of hydrogen-bond acceptors (Lipinski definition) is 5. The summed E-state index contributed by atoms with van der Waals surface area (Å²) in [5.41, 5.74) is -0.181. The van der Waals surface area contributed by atoms with Gasteiger partial charge < -0.3 is 24.5 Å². The second kappa shape index (κ2) is 8.06. The van der Waals surface area contributed by atoms with Crippen molar-refractivity contribution in [3.8, 4) is 11.5 Å². The first kappa shape index (κ1) is 19.8. The van der Waals surface area contributed by atoms with Gasteiger partial charge in [-0.05, 0) is 50.3 Å². The van der Waals surface area contributed by atoms with Crippen LogP contribution in [0.3, 0.4) is 0 Å². The molecule has 0 saturated heterocycles. The van der Waals surface area contributed by atoms with E-state index in [1.807, 2.05) is 6.07 Å². The monoisotopic (exact) mass is 400 g/mol.